The van der Waals surface area contributed by atoms with Crippen molar-refractivity contribution in [2.75, 3.05) is 6.61 Å². The van der Waals surface area contributed by atoms with E-state index in [4.69, 9.17) is 0 Å². The Morgan fingerprint density at radius 3 is 2.33 bits per heavy atom. The van der Waals surface area contributed by atoms with Crippen molar-refractivity contribution < 1.29 is 22.7 Å². The topological polar surface area (TPSA) is 71.2 Å². The number of carbonyl (C=O) groups is 1. The van der Waals surface area contributed by atoms with Crippen LogP contribution in [0.3, 0.4) is 0 Å². The molecule has 5 nitrogen and oxygen atoms in total. The second-order valence-electron chi connectivity index (χ2n) is 5.05. The van der Waals surface area contributed by atoms with Gasteiger partial charge in [0.05, 0.1) is 12.2 Å². The van der Waals surface area contributed by atoms with Crippen LogP contribution in [0.5, 0.6) is 0 Å². The summed E-state index contributed by atoms with van der Waals surface area (Å²) in [6.45, 7) is -1.17. The first-order chi connectivity index (χ1) is 11.3. The number of ether oxygens (including phenoxy) is 1. The summed E-state index contributed by atoms with van der Waals surface area (Å²) in [4.78, 5) is 25.2. The maximum Gasteiger partial charge on any atom is 0.411 e. The first-order valence-corrected chi connectivity index (χ1v) is 7.03. The van der Waals surface area contributed by atoms with E-state index in [0.29, 0.717) is 11.1 Å². The standard InChI is InChI=1S/C16H15F3N2O3/c17-16(18,19)10-24-9-12-3-1-11(2-4-12)7-21-15(23)13-5-6-14(22)20-8-13/h1-6,8H,7,9-10H2,(H,20,22)(H,21,23). The molecule has 0 spiro atoms. The molecule has 0 aliphatic rings. The lowest BCUT2D eigenvalue weighted by molar-refractivity contribution is -0.176. The molecular formula is C16H15F3N2O3. The number of pyridine rings is 1. The maximum absolute atomic E-state index is 12.0. The first-order valence-electron chi connectivity index (χ1n) is 7.03. The minimum absolute atomic E-state index is 0.135. The van der Waals surface area contributed by atoms with Gasteiger partial charge in [-0.3, -0.25) is 9.59 Å². The number of benzene rings is 1. The Bertz CT molecular complexity index is 719. The molecule has 128 valence electrons. The Kier molecular flexibility index (Phi) is 5.75. The summed E-state index contributed by atoms with van der Waals surface area (Å²) in [5.41, 5.74) is 1.42. The number of hydrogen-bond acceptors (Lipinski definition) is 3. The lowest BCUT2D eigenvalue weighted by Crippen LogP contribution is -2.23. The number of rotatable bonds is 6. The van der Waals surface area contributed by atoms with E-state index < -0.39 is 12.8 Å². The molecule has 0 unspecified atom stereocenters. The lowest BCUT2D eigenvalue weighted by Gasteiger charge is -2.09. The van der Waals surface area contributed by atoms with Crippen LogP contribution >= 0.6 is 0 Å². The molecule has 2 N–H and O–H groups in total. The van der Waals surface area contributed by atoms with Gasteiger partial charge in [-0.2, -0.15) is 13.2 Å². The van der Waals surface area contributed by atoms with E-state index >= 15 is 0 Å². The maximum atomic E-state index is 12.0. The van der Waals surface area contributed by atoms with Crippen LogP contribution in [0.2, 0.25) is 0 Å². The van der Waals surface area contributed by atoms with Crippen LogP contribution in [0.25, 0.3) is 0 Å². The average Bonchev–Trinajstić information content (AvgIpc) is 2.53. The van der Waals surface area contributed by atoms with E-state index in [-0.39, 0.29) is 24.6 Å². The number of hydrogen-bond donors (Lipinski definition) is 2. The van der Waals surface area contributed by atoms with Gasteiger partial charge >= 0.3 is 6.18 Å². The molecule has 2 aromatic rings. The molecule has 1 aromatic heterocycles. The second kappa shape index (κ2) is 7.78. The van der Waals surface area contributed by atoms with Gasteiger partial charge in [0.25, 0.3) is 5.91 Å². The molecule has 2 rings (SSSR count). The first kappa shape index (κ1) is 17.7. The van der Waals surface area contributed by atoms with E-state index in [1.54, 1.807) is 24.3 Å². The molecule has 0 aliphatic heterocycles. The molecule has 8 heteroatoms. The lowest BCUT2D eigenvalue weighted by atomic mass is 10.1. The average molecular weight is 340 g/mol. The zero-order chi connectivity index (χ0) is 17.6. The fourth-order valence-corrected chi connectivity index (χ4v) is 1.87. The molecule has 0 fully saturated rings. The minimum Gasteiger partial charge on any atom is -0.367 e. The summed E-state index contributed by atoms with van der Waals surface area (Å²) in [5, 5.41) is 2.68. The Balaban J connectivity index is 1.82. The highest BCUT2D eigenvalue weighted by atomic mass is 19.4. The molecule has 0 saturated heterocycles. The Morgan fingerprint density at radius 1 is 1.08 bits per heavy atom. The van der Waals surface area contributed by atoms with Crippen molar-refractivity contribution in [3.63, 3.8) is 0 Å². The number of alkyl halides is 3. The van der Waals surface area contributed by atoms with Crippen LogP contribution in [0.15, 0.2) is 47.4 Å². The van der Waals surface area contributed by atoms with Crippen LogP contribution in [0, 0.1) is 0 Å². The minimum atomic E-state index is -4.34. The van der Waals surface area contributed by atoms with Crippen molar-refractivity contribution >= 4 is 5.91 Å². The molecule has 0 bridgehead atoms. The summed E-state index contributed by atoms with van der Waals surface area (Å²) >= 11 is 0. The summed E-state index contributed by atoms with van der Waals surface area (Å²) < 4.78 is 40.5. The summed E-state index contributed by atoms with van der Waals surface area (Å²) in [7, 11) is 0. The quantitative estimate of drug-likeness (QED) is 0.848. The van der Waals surface area contributed by atoms with E-state index in [1.807, 2.05) is 0 Å². The molecule has 0 atom stereocenters. The highest BCUT2D eigenvalue weighted by Crippen LogP contribution is 2.15. The second-order valence-corrected chi connectivity index (χ2v) is 5.05. The van der Waals surface area contributed by atoms with Crippen molar-refractivity contribution in [3.8, 4) is 0 Å². The van der Waals surface area contributed by atoms with E-state index in [9.17, 15) is 22.8 Å². The van der Waals surface area contributed by atoms with E-state index in [1.165, 1.54) is 18.3 Å². The number of nitrogens with one attached hydrogen (secondary N) is 2. The normalized spacial score (nSPS) is 11.3. The predicted octanol–water partition coefficient (Wildman–Crippen LogP) is 2.38. The molecule has 24 heavy (non-hydrogen) atoms. The molecule has 0 radical (unpaired) electrons. The number of aromatic amines is 1. The molecule has 1 aromatic carbocycles. The van der Waals surface area contributed by atoms with Crippen LogP contribution in [-0.2, 0) is 17.9 Å². The van der Waals surface area contributed by atoms with Gasteiger partial charge in [0, 0.05) is 18.8 Å². The Labute approximate surface area is 135 Å². The van der Waals surface area contributed by atoms with E-state index in [2.05, 4.69) is 15.0 Å². The van der Waals surface area contributed by atoms with Crippen LogP contribution in [0.4, 0.5) is 13.2 Å². The summed E-state index contributed by atoms with van der Waals surface area (Å²) in [6.07, 6.45) is -3.02. The van der Waals surface area contributed by atoms with Crippen molar-refractivity contribution in [3.05, 3.63) is 69.6 Å². The van der Waals surface area contributed by atoms with Gasteiger partial charge in [-0.05, 0) is 17.2 Å². The Morgan fingerprint density at radius 2 is 1.75 bits per heavy atom. The van der Waals surface area contributed by atoms with Crippen LogP contribution < -0.4 is 10.9 Å². The van der Waals surface area contributed by atoms with Crippen LogP contribution in [-0.4, -0.2) is 23.7 Å². The SMILES string of the molecule is O=C(NCc1ccc(COCC(F)(F)F)cc1)c1ccc(=O)[nH]c1. The zero-order valence-corrected chi connectivity index (χ0v) is 12.5. The number of halogens is 3. The van der Waals surface area contributed by atoms with Gasteiger partial charge in [-0.15, -0.1) is 0 Å². The fraction of sp³-hybridized carbons (Fsp3) is 0.250. The highest BCUT2D eigenvalue weighted by Gasteiger charge is 2.27. The third kappa shape index (κ3) is 5.88. The molecule has 1 heterocycles. The molecule has 0 aliphatic carbocycles. The highest BCUT2D eigenvalue weighted by molar-refractivity contribution is 5.93. The number of aromatic nitrogens is 1. The van der Waals surface area contributed by atoms with Gasteiger partial charge in [-0.25, -0.2) is 0 Å². The van der Waals surface area contributed by atoms with Gasteiger partial charge in [0.1, 0.15) is 6.61 Å². The molecule has 1 amide bonds. The van der Waals surface area contributed by atoms with E-state index in [0.717, 1.165) is 5.56 Å². The van der Waals surface area contributed by atoms with Gasteiger partial charge in [0.15, 0.2) is 0 Å². The van der Waals surface area contributed by atoms with Crippen molar-refractivity contribution in [2.45, 2.75) is 19.3 Å². The smallest absolute Gasteiger partial charge is 0.367 e. The van der Waals surface area contributed by atoms with Gasteiger partial charge in [0.2, 0.25) is 5.56 Å². The summed E-state index contributed by atoms with van der Waals surface area (Å²) in [6, 6.07) is 9.33. The van der Waals surface area contributed by atoms with Crippen LogP contribution in [0.1, 0.15) is 21.5 Å². The molecular weight excluding hydrogens is 325 g/mol. The largest absolute Gasteiger partial charge is 0.411 e. The number of amides is 1. The van der Waals surface area contributed by atoms with Crippen molar-refractivity contribution in [1.29, 1.82) is 0 Å². The third-order valence-electron chi connectivity index (χ3n) is 3.06. The zero-order valence-electron chi connectivity index (χ0n) is 12.5. The predicted molar refractivity (Wildman–Crippen MR) is 80.4 cm³/mol. The summed E-state index contributed by atoms with van der Waals surface area (Å²) in [5.74, 6) is -0.344. The number of carbonyl (C=O) groups excluding carboxylic acids is 1. The third-order valence-corrected chi connectivity index (χ3v) is 3.06. The Hall–Kier alpha value is -2.61. The van der Waals surface area contributed by atoms with Gasteiger partial charge < -0.3 is 15.0 Å². The monoisotopic (exact) mass is 340 g/mol. The van der Waals surface area contributed by atoms with Crippen molar-refractivity contribution in [2.24, 2.45) is 0 Å². The van der Waals surface area contributed by atoms with Crippen molar-refractivity contribution in [1.82, 2.24) is 10.3 Å². The molecule has 0 saturated carbocycles. The number of H-pyrrole nitrogens is 1. The fourth-order valence-electron chi connectivity index (χ4n) is 1.87. The van der Waals surface area contributed by atoms with Gasteiger partial charge in [-0.1, -0.05) is 24.3 Å².